The molecule has 0 spiro atoms. The number of amides is 2. The summed E-state index contributed by atoms with van der Waals surface area (Å²) in [5.74, 6) is -5.86. The van der Waals surface area contributed by atoms with E-state index < -0.39 is 79.8 Å². The van der Waals surface area contributed by atoms with Gasteiger partial charge >= 0.3 is 0 Å². The van der Waals surface area contributed by atoms with E-state index in [4.69, 9.17) is 15.7 Å². The van der Waals surface area contributed by atoms with Crippen LogP contribution in [0.25, 0.3) is 11.6 Å². The molecule has 2 amide bonds. The molecule has 280 valence electrons. The van der Waals surface area contributed by atoms with E-state index in [1.807, 2.05) is 0 Å². The minimum atomic E-state index is -3.38. The summed E-state index contributed by atoms with van der Waals surface area (Å²) in [5, 5.41) is 7.95. The van der Waals surface area contributed by atoms with E-state index >= 15 is 0 Å². The zero-order valence-corrected chi connectivity index (χ0v) is 32.6. The first kappa shape index (κ1) is 29.0. The Morgan fingerprint density at radius 3 is 2.24 bits per heavy atom. The predicted molar refractivity (Wildman–Crippen MR) is 200 cm³/mol. The molecule has 54 heavy (non-hydrogen) atoms. The van der Waals surface area contributed by atoms with Crippen LogP contribution in [0.2, 0.25) is 0 Å². The number of morpholine rings is 1. The maximum atomic E-state index is 14.5. The van der Waals surface area contributed by atoms with Gasteiger partial charge in [-0.1, -0.05) is 31.9 Å². The molecule has 19 heteroatoms. The average Bonchev–Trinajstić information content (AvgIpc) is 3.83. The van der Waals surface area contributed by atoms with Crippen molar-refractivity contribution >= 4 is 71.2 Å². The molecule has 0 N–H and O–H groups in total. The Labute approximate surface area is 342 Å². The van der Waals surface area contributed by atoms with Gasteiger partial charge in [-0.25, -0.2) is 27.7 Å². The van der Waals surface area contributed by atoms with E-state index in [0.29, 0.717) is 26.1 Å². The summed E-state index contributed by atoms with van der Waals surface area (Å²) in [5.41, 5.74) is 0.523. The number of alkyl halides is 2. The fourth-order valence-corrected chi connectivity index (χ4v) is 7.49. The molecular formula is C35H30Br3F3N10O3. The highest BCUT2D eigenvalue weighted by Gasteiger charge is 2.43. The summed E-state index contributed by atoms with van der Waals surface area (Å²) in [6.07, 6.45) is -1.21. The molecule has 6 heterocycles. The zero-order valence-electron chi connectivity index (χ0n) is 35.9. The Morgan fingerprint density at radius 1 is 0.907 bits per heavy atom. The van der Waals surface area contributed by atoms with E-state index in [2.05, 4.69) is 77.9 Å². The van der Waals surface area contributed by atoms with Crippen molar-refractivity contribution in [2.45, 2.75) is 38.2 Å². The van der Waals surface area contributed by atoms with Crippen LogP contribution in [-0.2, 0) is 4.74 Å². The molecule has 2 aliphatic heterocycles. The van der Waals surface area contributed by atoms with Gasteiger partial charge in [-0.15, -0.1) is 0 Å². The SMILES string of the molecule is Cc1cc(C2CN(C(=O)c3ccc(F)c(Br)c3)CC(F)(F)C2)n2ncnc2n1.[2H]c1c(C)nc2ncnn2c1C1([2H])OC([2H])([2H])C([2H])([2H])N(C(=O)c2cc(Br)cc(Br)c2)C1([2H])[2H]. The van der Waals surface area contributed by atoms with Gasteiger partial charge in [-0.3, -0.25) is 9.59 Å². The fourth-order valence-electron chi connectivity index (χ4n) is 5.82. The van der Waals surface area contributed by atoms with Crippen LogP contribution in [0.5, 0.6) is 0 Å². The Bertz CT molecular complexity index is 2770. The number of carbonyl (C=O) groups excluding carboxylic acids is 2. The molecule has 2 aromatic carbocycles. The van der Waals surface area contributed by atoms with Gasteiger partial charge in [0.2, 0.25) is 0 Å². The van der Waals surface area contributed by atoms with Crippen LogP contribution in [-0.4, -0.2) is 99.3 Å². The van der Waals surface area contributed by atoms with Gasteiger partial charge in [-0.05, 0) is 78.3 Å². The lowest BCUT2D eigenvalue weighted by molar-refractivity contribution is -0.0641. The largest absolute Gasteiger partial charge is 0.368 e. The molecule has 0 radical (unpaired) electrons. The van der Waals surface area contributed by atoms with Crippen molar-refractivity contribution in [2.24, 2.45) is 0 Å². The second-order valence-electron chi connectivity index (χ2n) is 12.1. The Morgan fingerprint density at radius 2 is 1.56 bits per heavy atom. The van der Waals surface area contributed by atoms with E-state index in [-0.39, 0.29) is 38.5 Å². The second-order valence-corrected chi connectivity index (χ2v) is 14.7. The minimum Gasteiger partial charge on any atom is -0.368 e. The number of piperidine rings is 1. The van der Waals surface area contributed by atoms with E-state index in [9.17, 15) is 22.8 Å². The number of rotatable bonds is 4. The molecule has 2 saturated heterocycles. The number of aromatic nitrogens is 8. The highest BCUT2D eigenvalue weighted by Crippen LogP contribution is 2.37. The third-order valence-electron chi connectivity index (χ3n) is 8.05. The number of halogens is 6. The number of ether oxygens (including phenoxy) is 1. The summed E-state index contributed by atoms with van der Waals surface area (Å²) < 4.78 is 119. The Hall–Kier alpha value is -4.33. The van der Waals surface area contributed by atoms with Crippen LogP contribution >= 0.6 is 47.8 Å². The van der Waals surface area contributed by atoms with Crippen LogP contribution in [0, 0.1) is 19.7 Å². The van der Waals surface area contributed by atoms with Crippen LogP contribution in [0.15, 0.2) is 74.6 Å². The van der Waals surface area contributed by atoms with Crippen molar-refractivity contribution in [3.8, 4) is 0 Å². The number of benzene rings is 2. The molecule has 0 aliphatic carbocycles. The van der Waals surface area contributed by atoms with Crippen molar-refractivity contribution in [3.63, 3.8) is 0 Å². The molecule has 2 aliphatic rings. The van der Waals surface area contributed by atoms with Gasteiger partial charge in [0.15, 0.2) is 0 Å². The molecule has 0 saturated carbocycles. The van der Waals surface area contributed by atoms with E-state index in [1.54, 1.807) is 19.1 Å². The third kappa shape index (κ3) is 8.18. The van der Waals surface area contributed by atoms with Crippen LogP contribution < -0.4 is 0 Å². The molecule has 2 atom stereocenters. The van der Waals surface area contributed by atoms with Gasteiger partial charge in [0.05, 0.1) is 46.4 Å². The smallest absolute Gasteiger partial charge is 0.266 e. The topological polar surface area (TPSA) is 136 Å². The molecule has 0 bridgehead atoms. The van der Waals surface area contributed by atoms with Crippen LogP contribution in [0.3, 0.4) is 0 Å². The highest BCUT2D eigenvalue weighted by molar-refractivity contribution is 9.11. The first-order valence-electron chi connectivity index (χ1n) is 19.8. The van der Waals surface area contributed by atoms with Gasteiger partial charge in [0, 0.05) is 56.8 Å². The van der Waals surface area contributed by atoms with Gasteiger partial charge in [0.25, 0.3) is 29.3 Å². The fraction of sp³-hybridized carbons (Fsp3) is 0.314. The van der Waals surface area contributed by atoms with E-state index in [0.717, 1.165) is 21.8 Å². The third-order valence-corrected chi connectivity index (χ3v) is 9.57. The van der Waals surface area contributed by atoms with E-state index in [1.165, 1.54) is 42.0 Å². The monoisotopic (exact) mass is 940 g/mol. The molecule has 6 aromatic rings. The summed E-state index contributed by atoms with van der Waals surface area (Å²) in [6.45, 7) is -7.55. The Balaban J connectivity index is 0.000000190. The molecule has 8 rings (SSSR count). The van der Waals surface area contributed by atoms with Gasteiger partial charge in [0.1, 0.15) is 24.6 Å². The summed E-state index contributed by atoms with van der Waals surface area (Å²) >= 11 is 9.44. The number of hydrogen-bond donors (Lipinski definition) is 0. The number of hydrogen-bond acceptors (Lipinski definition) is 9. The maximum Gasteiger partial charge on any atom is 0.266 e. The number of carbonyl (C=O) groups is 2. The number of fused-ring (bicyclic) bond motifs is 2. The summed E-state index contributed by atoms with van der Waals surface area (Å²) in [7, 11) is 0. The first-order chi connectivity index (χ1) is 28.8. The molecule has 13 nitrogen and oxygen atoms in total. The average molecular weight is 943 g/mol. The van der Waals surface area contributed by atoms with Gasteiger partial charge in [-0.2, -0.15) is 24.7 Å². The maximum absolute atomic E-state index is 14.5. The lowest BCUT2D eigenvalue weighted by Crippen LogP contribution is -2.49. The van der Waals surface area contributed by atoms with Crippen molar-refractivity contribution < 1.29 is 38.5 Å². The molecule has 4 aromatic heterocycles. The zero-order chi connectivity index (χ0) is 45.5. The number of nitrogens with zero attached hydrogens (tertiary/aromatic N) is 10. The van der Waals surface area contributed by atoms with Crippen molar-refractivity contribution in [3.05, 3.63) is 114 Å². The van der Waals surface area contributed by atoms with Crippen molar-refractivity contribution in [1.29, 1.82) is 0 Å². The van der Waals surface area contributed by atoms with Crippen LogP contribution in [0.1, 0.15) is 72.9 Å². The number of likely N-dealkylation sites (tertiary alicyclic amines) is 1. The lowest BCUT2D eigenvalue weighted by Gasteiger charge is -2.37. The molecule has 2 fully saturated rings. The summed E-state index contributed by atoms with van der Waals surface area (Å²) in [4.78, 5) is 43.6. The second kappa shape index (κ2) is 15.4. The van der Waals surface area contributed by atoms with Crippen molar-refractivity contribution in [2.75, 3.05) is 32.6 Å². The lowest BCUT2D eigenvalue weighted by atomic mass is 9.91. The standard InChI is InChI=1S/C18H15BrF3N5O.C17H15Br2N5O2/c1-10-4-15(27-17(25-10)23-9-24-27)12-6-18(21,22)8-26(7-12)16(28)11-2-3-14(20)13(19)5-11;1-10-4-14(24-17(22-10)20-9-21-24)15-8-23(2-3-26-15)16(25)11-5-12(18)7-13(19)6-11/h2-5,9,12H,6-8H2,1H3;4-7,9,15H,2-3,8H2,1H3/i;2D2,3D2,4D,8D2,15D. The summed E-state index contributed by atoms with van der Waals surface area (Å²) in [6, 6.07) is 9.10. The molecular weight excluding hydrogens is 905 g/mol. The van der Waals surface area contributed by atoms with Crippen molar-refractivity contribution in [1.82, 2.24) is 49.0 Å². The quantitative estimate of drug-likeness (QED) is 0.188. The predicted octanol–water partition coefficient (Wildman–Crippen LogP) is 6.77. The minimum absolute atomic E-state index is 0.00266. The number of aryl methyl sites for hydroxylation is 2. The Kier molecular flexibility index (Phi) is 8.29. The highest BCUT2D eigenvalue weighted by atomic mass is 79.9. The van der Waals surface area contributed by atoms with Gasteiger partial charge < -0.3 is 14.5 Å². The molecule has 2 unspecified atom stereocenters. The normalized spacial score (nSPS) is 24.8. The first-order valence-corrected chi connectivity index (χ1v) is 18.1. The van der Waals surface area contributed by atoms with Crippen LogP contribution in [0.4, 0.5) is 13.2 Å².